The number of aromatic nitrogens is 2. The van der Waals surface area contributed by atoms with E-state index in [4.69, 9.17) is 20.3 Å². The summed E-state index contributed by atoms with van der Waals surface area (Å²) in [7, 11) is -4.80. The molecule has 0 radical (unpaired) electrons. The van der Waals surface area contributed by atoms with Gasteiger partial charge in [0.15, 0.2) is 6.23 Å². The van der Waals surface area contributed by atoms with Crippen molar-refractivity contribution in [3.8, 4) is 0 Å². The van der Waals surface area contributed by atoms with Crippen LogP contribution in [0.4, 0.5) is 5.82 Å². The Morgan fingerprint density at radius 3 is 2.55 bits per heavy atom. The molecule has 4 atom stereocenters. The van der Waals surface area contributed by atoms with Crippen LogP contribution in [0.25, 0.3) is 0 Å². The topological polar surface area (TPSA) is 197 Å². The van der Waals surface area contributed by atoms with E-state index in [9.17, 15) is 24.4 Å². The molecule has 1 unspecified atom stereocenters. The largest absolute Gasteiger partial charge is 0.469 e. The van der Waals surface area contributed by atoms with Crippen molar-refractivity contribution in [2.75, 3.05) is 12.3 Å². The van der Waals surface area contributed by atoms with Gasteiger partial charge in [-0.1, -0.05) is 0 Å². The smallest absolute Gasteiger partial charge is 0.387 e. The predicted octanol–water partition coefficient (Wildman–Crippen LogP) is -3.15. The number of phosphoric acid groups is 1. The highest BCUT2D eigenvalue weighted by atomic mass is 31.2. The van der Waals surface area contributed by atoms with E-state index in [1.165, 1.54) is 0 Å². The van der Waals surface area contributed by atoms with Crippen molar-refractivity contribution in [2.24, 2.45) is 0 Å². The number of nitrogens with one attached hydrogen (secondary N) is 1. The second kappa shape index (κ2) is 5.93. The molecule has 0 bridgehead atoms. The quantitative estimate of drug-likeness (QED) is 0.304. The first-order valence-corrected chi connectivity index (χ1v) is 7.46. The molecule has 1 aliphatic rings. The summed E-state index contributed by atoms with van der Waals surface area (Å²) in [6.45, 7) is -0.725. The van der Waals surface area contributed by atoms with Gasteiger partial charge in [0, 0.05) is 6.07 Å². The number of ether oxygens (including phenoxy) is 1. The number of nitrogens with two attached hydrogens (primary N) is 1. The Morgan fingerprint density at radius 2 is 2.00 bits per heavy atom. The molecular weight excluding hydrogens is 325 g/mol. The van der Waals surface area contributed by atoms with E-state index in [2.05, 4.69) is 4.52 Å². The number of nitrogen functional groups attached to an aromatic ring is 1. The molecule has 13 heteroatoms. The third-order valence-corrected chi connectivity index (χ3v) is 3.49. The molecule has 0 amide bonds. The summed E-state index contributed by atoms with van der Waals surface area (Å²) < 4.78 is 20.7. The molecule has 1 aromatic rings. The van der Waals surface area contributed by atoms with E-state index in [1.807, 2.05) is 4.98 Å². The lowest BCUT2D eigenvalue weighted by molar-refractivity contribution is -0.0531. The van der Waals surface area contributed by atoms with E-state index >= 15 is 0 Å². The summed E-state index contributed by atoms with van der Waals surface area (Å²) in [4.78, 5) is 41.9. The third kappa shape index (κ3) is 3.44. The van der Waals surface area contributed by atoms with Gasteiger partial charge in [-0.25, -0.2) is 9.36 Å². The second-order valence-electron chi connectivity index (χ2n) is 4.57. The van der Waals surface area contributed by atoms with Crippen molar-refractivity contribution in [1.29, 1.82) is 0 Å². The Bertz CT molecular complexity index is 709. The summed E-state index contributed by atoms with van der Waals surface area (Å²) in [6.07, 6.45) is -5.98. The van der Waals surface area contributed by atoms with Gasteiger partial charge in [-0.15, -0.1) is 0 Å². The van der Waals surface area contributed by atoms with E-state index in [-0.39, 0.29) is 5.82 Å². The van der Waals surface area contributed by atoms with E-state index in [0.29, 0.717) is 4.57 Å². The molecule has 2 heterocycles. The zero-order valence-corrected chi connectivity index (χ0v) is 11.8. The van der Waals surface area contributed by atoms with Crippen LogP contribution in [0.1, 0.15) is 6.23 Å². The molecule has 22 heavy (non-hydrogen) atoms. The highest BCUT2D eigenvalue weighted by Gasteiger charge is 2.45. The molecule has 124 valence electrons. The molecule has 0 saturated carbocycles. The average molecular weight is 339 g/mol. The van der Waals surface area contributed by atoms with Crippen molar-refractivity contribution in [2.45, 2.75) is 24.5 Å². The van der Waals surface area contributed by atoms with Crippen molar-refractivity contribution >= 4 is 13.6 Å². The maximum atomic E-state index is 11.7. The lowest BCUT2D eigenvalue weighted by atomic mass is 10.1. The maximum absolute atomic E-state index is 11.7. The predicted molar refractivity (Wildman–Crippen MR) is 69.7 cm³/mol. The molecule has 2 rings (SSSR count). The van der Waals surface area contributed by atoms with Crippen LogP contribution in [-0.2, 0) is 13.8 Å². The molecule has 1 fully saturated rings. The Labute approximate surface area is 122 Å². The highest BCUT2D eigenvalue weighted by molar-refractivity contribution is 7.46. The van der Waals surface area contributed by atoms with Crippen molar-refractivity contribution < 1.29 is 33.8 Å². The van der Waals surface area contributed by atoms with Gasteiger partial charge in [-0.3, -0.25) is 18.9 Å². The molecule has 12 nitrogen and oxygen atoms in total. The minimum atomic E-state index is -4.80. The number of anilines is 1. The zero-order valence-electron chi connectivity index (χ0n) is 10.9. The van der Waals surface area contributed by atoms with Gasteiger partial charge >= 0.3 is 13.5 Å². The first-order chi connectivity index (χ1) is 10.1. The number of nitrogens with zero attached hydrogens (tertiary/aromatic N) is 1. The van der Waals surface area contributed by atoms with E-state index < -0.39 is 50.2 Å². The van der Waals surface area contributed by atoms with Gasteiger partial charge in [0.25, 0.3) is 5.56 Å². The summed E-state index contributed by atoms with van der Waals surface area (Å²) in [5.41, 5.74) is 3.78. The van der Waals surface area contributed by atoms with Crippen molar-refractivity contribution in [3.05, 3.63) is 26.9 Å². The fourth-order valence-electron chi connectivity index (χ4n) is 2.04. The molecule has 0 spiro atoms. The van der Waals surface area contributed by atoms with Crippen LogP contribution in [0, 0.1) is 0 Å². The summed E-state index contributed by atoms with van der Waals surface area (Å²) in [6, 6.07) is 0.878. The summed E-state index contributed by atoms with van der Waals surface area (Å²) >= 11 is 0. The van der Waals surface area contributed by atoms with Crippen LogP contribution in [0.5, 0.6) is 0 Å². The van der Waals surface area contributed by atoms with Crippen LogP contribution in [0.3, 0.4) is 0 Å². The second-order valence-corrected chi connectivity index (χ2v) is 5.81. The van der Waals surface area contributed by atoms with E-state index in [1.54, 1.807) is 0 Å². The van der Waals surface area contributed by atoms with Crippen LogP contribution in [0.2, 0.25) is 0 Å². The SMILES string of the molecule is Nc1cc(=O)[nH]c(=O)n1C1O[C@H](COP(=O)(O)O)[C@@H](O)[C@H]1O. The molecule has 1 aliphatic heterocycles. The molecular formula is C9H14N3O9P. The van der Waals surface area contributed by atoms with Crippen LogP contribution in [-0.4, -0.2) is 54.5 Å². The number of aromatic amines is 1. The van der Waals surface area contributed by atoms with Crippen molar-refractivity contribution in [1.82, 2.24) is 9.55 Å². The number of hydrogen-bond donors (Lipinski definition) is 6. The minimum absolute atomic E-state index is 0.318. The molecule has 7 N–H and O–H groups in total. The molecule has 0 aromatic carbocycles. The number of rotatable bonds is 4. The monoisotopic (exact) mass is 339 g/mol. The van der Waals surface area contributed by atoms with Crippen LogP contribution in [0.15, 0.2) is 15.7 Å². The van der Waals surface area contributed by atoms with Crippen LogP contribution < -0.4 is 17.0 Å². The molecule has 1 aromatic heterocycles. The van der Waals surface area contributed by atoms with E-state index in [0.717, 1.165) is 6.07 Å². The third-order valence-electron chi connectivity index (χ3n) is 3.00. The normalized spacial score (nSPS) is 28.9. The fourth-order valence-corrected chi connectivity index (χ4v) is 2.38. The maximum Gasteiger partial charge on any atom is 0.469 e. The zero-order chi connectivity index (χ0) is 16.7. The Morgan fingerprint density at radius 1 is 1.36 bits per heavy atom. The average Bonchev–Trinajstić information content (AvgIpc) is 2.63. The lowest BCUT2D eigenvalue weighted by Gasteiger charge is -2.18. The number of H-pyrrole nitrogens is 1. The standard InChI is InChI=1S/C9H14N3O9P/c10-4-1-5(13)11-9(16)12(4)8-7(15)6(14)3(21-8)2-20-22(17,18)19/h1,3,6-8,14-15H,2,10H2,(H,11,13,16)(H2,17,18,19)/t3-,6-,7-,8?/m1/s1. The number of hydrogen-bond acceptors (Lipinski definition) is 8. The first kappa shape index (κ1) is 16.8. The number of phosphoric ester groups is 1. The van der Waals surface area contributed by atoms with Gasteiger partial charge in [0.2, 0.25) is 0 Å². The molecule has 0 aliphatic carbocycles. The van der Waals surface area contributed by atoms with Gasteiger partial charge in [-0.05, 0) is 0 Å². The minimum Gasteiger partial charge on any atom is -0.387 e. The van der Waals surface area contributed by atoms with Gasteiger partial charge in [0.1, 0.15) is 24.1 Å². The number of aliphatic hydroxyl groups is 2. The van der Waals surface area contributed by atoms with Crippen LogP contribution >= 0.6 is 7.82 Å². The summed E-state index contributed by atoms with van der Waals surface area (Å²) in [5, 5.41) is 19.7. The Kier molecular flexibility index (Phi) is 4.54. The van der Waals surface area contributed by atoms with Crippen molar-refractivity contribution in [3.63, 3.8) is 0 Å². The fraction of sp³-hybridized carbons (Fsp3) is 0.556. The van der Waals surface area contributed by atoms with Gasteiger partial charge in [-0.2, -0.15) is 0 Å². The highest BCUT2D eigenvalue weighted by Crippen LogP contribution is 2.38. The lowest BCUT2D eigenvalue weighted by Crippen LogP contribution is -2.39. The van der Waals surface area contributed by atoms with Gasteiger partial charge < -0.3 is 30.5 Å². The Hall–Kier alpha value is -1.53. The van der Waals surface area contributed by atoms with Gasteiger partial charge in [0.05, 0.1) is 6.61 Å². The first-order valence-electron chi connectivity index (χ1n) is 5.93. The molecule has 1 saturated heterocycles. The number of aliphatic hydroxyl groups excluding tert-OH is 2. The summed E-state index contributed by atoms with van der Waals surface area (Å²) in [5.74, 6) is -0.318. The Balaban J connectivity index is 2.26.